The maximum absolute atomic E-state index is 3.79. The molecule has 108 valence electrons. The van der Waals surface area contributed by atoms with Gasteiger partial charge in [-0.15, -0.1) is 0 Å². The summed E-state index contributed by atoms with van der Waals surface area (Å²) in [7, 11) is 0. The molecule has 1 rings (SSSR count). The average Bonchev–Trinajstić information content (AvgIpc) is 2.53. The quantitative estimate of drug-likeness (QED) is 0.497. The van der Waals surface area contributed by atoms with Crippen LogP contribution < -0.4 is 5.32 Å². The molecule has 0 aliphatic heterocycles. The lowest BCUT2D eigenvalue weighted by Gasteiger charge is -2.19. The van der Waals surface area contributed by atoms with Crippen LogP contribution in [0.25, 0.3) is 0 Å². The Balaban J connectivity index is 2.08. The van der Waals surface area contributed by atoms with Gasteiger partial charge >= 0.3 is 0 Å². The molecule has 1 nitrogen and oxygen atoms in total. The van der Waals surface area contributed by atoms with Crippen LogP contribution in [-0.2, 0) is 0 Å². The molecule has 0 amide bonds. The van der Waals surface area contributed by atoms with E-state index in [1.807, 2.05) is 0 Å². The fraction of sp³-hybridized carbons (Fsp3) is 1.00. The van der Waals surface area contributed by atoms with Crippen LogP contribution in [0.2, 0.25) is 0 Å². The highest BCUT2D eigenvalue weighted by molar-refractivity contribution is 4.76. The van der Waals surface area contributed by atoms with Crippen LogP contribution in [0.4, 0.5) is 0 Å². The number of rotatable bonds is 7. The molecule has 2 unspecified atom stereocenters. The minimum atomic E-state index is 0.813. The van der Waals surface area contributed by atoms with Crippen LogP contribution >= 0.6 is 0 Å². The SMILES string of the molecule is CC(C)CCCCNC1CCCC(C(C)C)CC1. The maximum Gasteiger partial charge on any atom is 0.00671 e. The fourth-order valence-electron chi connectivity index (χ4n) is 3.18. The van der Waals surface area contributed by atoms with Gasteiger partial charge in [0.2, 0.25) is 0 Å². The van der Waals surface area contributed by atoms with Crippen molar-refractivity contribution in [3.8, 4) is 0 Å². The summed E-state index contributed by atoms with van der Waals surface area (Å²) in [6.07, 6.45) is 11.3. The van der Waals surface area contributed by atoms with E-state index in [1.54, 1.807) is 0 Å². The first kappa shape index (κ1) is 16.0. The molecule has 0 aromatic heterocycles. The number of hydrogen-bond donors (Lipinski definition) is 1. The van der Waals surface area contributed by atoms with E-state index in [2.05, 4.69) is 33.0 Å². The lowest BCUT2D eigenvalue weighted by molar-refractivity contribution is 0.337. The van der Waals surface area contributed by atoms with Crippen molar-refractivity contribution in [1.29, 1.82) is 0 Å². The highest BCUT2D eigenvalue weighted by atomic mass is 14.9. The first-order chi connectivity index (χ1) is 8.59. The highest BCUT2D eigenvalue weighted by Gasteiger charge is 2.20. The molecule has 18 heavy (non-hydrogen) atoms. The van der Waals surface area contributed by atoms with Gasteiger partial charge in [-0.25, -0.2) is 0 Å². The van der Waals surface area contributed by atoms with Crippen LogP contribution in [0.3, 0.4) is 0 Å². The minimum Gasteiger partial charge on any atom is -0.314 e. The molecule has 0 bridgehead atoms. The molecular formula is C17H35N. The molecule has 1 aliphatic rings. The smallest absolute Gasteiger partial charge is 0.00671 e. The third kappa shape index (κ3) is 6.78. The molecule has 1 N–H and O–H groups in total. The van der Waals surface area contributed by atoms with Gasteiger partial charge in [0.05, 0.1) is 0 Å². The summed E-state index contributed by atoms with van der Waals surface area (Å²) in [5.41, 5.74) is 0. The minimum absolute atomic E-state index is 0.813. The molecule has 1 heteroatoms. The van der Waals surface area contributed by atoms with E-state index in [-0.39, 0.29) is 0 Å². The molecule has 0 aromatic rings. The van der Waals surface area contributed by atoms with Crippen LogP contribution in [0.5, 0.6) is 0 Å². The van der Waals surface area contributed by atoms with Gasteiger partial charge < -0.3 is 5.32 Å². The summed E-state index contributed by atoms with van der Waals surface area (Å²) < 4.78 is 0. The zero-order valence-electron chi connectivity index (χ0n) is 13.2. The van der Waals surface area contributed by atoms with Crippen molar-refractivity contribution >= 4 is 0 Å². The van der Waals surface area contributed by atoms with Gasteiger partial charge in [-0.3, -0.25) is 0 Å². The molecular weight excluding hydrogens is 218 g/mol. The molecule has 0 saturated heterocycles. The van der Waals surface area contributed by atoms with E-state index in [1.165, 1.54) is 57.9 Å². The molecule has 0 radical (unpaired) electrons. The average molecular weight is 253 g/mol. The highest BCUT2D eigenvalue weighted by Crippen LogP contribution is 2.28. The van der Waals surface area contributed by atoms with Gasteiger partial charge in [-0.1, -0.05) is 53.4 Å². The van der Waals surface area contributed by atoms with Gasteiger partial charge in [0.25, 0.3) is 0 Å². The Kier molecular flexibility index (Phi) is 7.97. The van der Waals surface area contributed by atoms with E-state index in [0.29, 0.717) is 0 Å². The van der Waals surface area contributed by atoms with Gasteiger partial charge in [0.15, 0.2) is 0 Å². The van der Waals surface area contributed by atoms with E-state index < -0.39 is 0 Å². The van der Waals surface area contributed by atoms with E-state index >= 15 is 0 Å². The first-order valence-corrected chi connectivity index (χ1v) is 8.33. The van der Waals surface area contributed by atoms with Crippen LogP contribution in [0, 0.1) is 17.8 Å². The summed E-state index contributed by atoms with van der Waals surface area (Å²) in [5.74, 6) is 2.74. The zero-order chi connectivity index (χ0) is 13.4. The van der Waals surface area contributed by atoms with Gasteiger partial charge in [0, 0.05) is 6.04 Å². The Morgan fingerprint density at radius 1 is 0.944 bits per heavy atom. The topological polar surface area (TPSA) is 12.0 Å². The van der Waals surface area contributed by atoms with E-state index in [0.717, 1.165) is 23.8 Å². The largest absolute Gasteiger partial charge is 0.314 e. The van der Waals surface area contributed by atoms with E-state index in [9.17, 15) is 0 Å². The standard InChI is InChI=1S/C17H35N/c1-14(2)8-5-6-13-18-17-10-7-9-16(11-12-17)15(3)4/h14-18H,5-13H2,1-4H3. The van der Waals surface area contributed by atoms with Crippen molar-refractivity contribution < 1.29 is 0 Å². The van der Waals surface area contributed by atoms with Gasteiger partial charge in [-0.05, 0) is 50.0 Å². The molecule has 2 atom stereocenters. The van der Waals surface area contributed by atoms with E-state index in [4.69, 9.17) is 0 Å². The number of unbranched alkanes of at least 4 members (excludes halogenated alkanes) is 1. The van der Waals surface area contributed by atoms with Crippen molar-refractivity contribution in [3.63, 3.8) is 0 Å². The summed E-state index contributed by atoms with van der Waals surface area (Å²) >= 11 is 0. The molecule has 1 aliphatic carbocycles. The second-order valence-electron chi connectivity index (χ2n) is 7.05. The van der Waals surface area contributed by atoms with Crippen molar-refractivity contribution in [2.75, 3.05) is 6.54 Å². The van der Waals surface area contributed by atoms with Crippen molar-refractivity contribution in [2.24, 2.45) is 17.8 Å². The van der Waals surface area contributed by atoms with Gasteiger partial charge in [-0.2, -0.15) is 0 Å². The summed E-state index contributed by atoms with van der Waals surface area (Å²) in [6, 6.07) is 0.813. The fourth-order valence-corrected chi connectivity index (χ4v) is 3.18. The van der Waals surface area contributed by atoms with Crippen molar-refractivity contribution in [3.05, 3.63) is 0 Å². The third-order valence-corrected chi connectivity index (χ3v) is 4.60. The second-order valence-corrected chi connectivity index (χ2v) is 7.05. The Bertz CT molecular complexity index is 198. The molecule has 0 heterocycles. The lowest BCUT2D eigenvalue weighted by atomic mass is 9.89. The zero-order valence-corrected chi connectivity index (χ0v) is 13.2. The first-order valence-electron chi connectivity index (χ1n) is 8.33. The Labute approximate surface area is 115 Å². The Morgan fingerprint density at radius 2 is 1.72 bits per heavy atom. The number of hydrogen-bond acceptors (Lipinski definition) is 1. The molecule has 1 saturated carbocycles. The van der Waals surface area contributed by atoms with Gasteiger partial charge in [0.1, 0.15) is 0 Å². The second kappa shape index (κ2) is 8.96. The van der Waals surface area contributed by atoms with Crippen LogP contribution in [0.1, 0.15) is 79.1 Å². The predicted molar refractivity (Wildman–Crippen MR) is 81.9 cm³/mol. The molecule has 1 fully saturated rings. The monoisotopic (exact) mass is 253 g/mol. The summed E-state index contributed by atoms with van der Waals surface area (Å²) in [6.45, 7) is 10.7. The molecule has 0 aromatic carbocycles. The maximum atomic E-state index is 3.79. The lowest BCUT2D eigenvalue weighted by Crippen LogP contribution is -2.29. The van der Waals surface area contributed by atoms with Crippen LogP contribution in [-0.4, -0.2) is 12.6 Å². The van der Waals surface area contributed by atoms with Crippen LogP contribution in [0.15, 0.2) is 0 Å². The predicted octanol–water partition coefficient (Wildman–Crippen LogP) is 5.01. The Hall–Kier alpha value is -0.0400. The summed E-state index contributed by atoms with van der Waals surface area (Å²) in [4.78, 5) is 0. The Morgan fingerprint density at radius 3 is 2.39 bits per heavy atom. The van der Waals surface area contributed by atoms with Crippen molar-refractivity contribution in [1.82, 2.24) is 5.32 Å². The number of nitrogens with one attached hydrogen (secondary N) is 1. The van der Waals surface area contributed by atoms with Crippen molar-refractivity contribution in [2.45, 2.75) is 85.1 Å². The normalized spacial score (nSPS) is 25.7. The third-order valence-electron chi connectivity index (χ3n) is 4.60. The molecule has 0 spiro atoms. The summed E-state index contributed by atoms with van der Waals surface area (Å²) in [5, 5.41) is 3.79.